The Morgan fingerprint density at radius 3 is 1.00 bits per heavy atom. The molecule has 0 atom stereocenters. The Morgan fingerprint density at radius 2 is 0.667 bits per heavy atom. The van der Waals surface area contributed by atoms with Gasteiger partial charge < -0.3 is 0 Å². The second-order valence-electron chi connectivity index (χ2n) is 6.18. The van der Waals surface area contributed by atoms with Gasteiger partial charge in [-0.2, -0.15) is 0 Å². The molecule has 0 saturated heterocycles. The third kappa shape index (κ3) is 4.01. The molecule has 132 valence electrons. The molecule has 0 fully saturated rings. The number of hydrogen-bond acceptors (Lipinski definition) is 2. The first-order valence-electron chi connectivity index (χ1n) is 8.96. The van der Waals surface area contributed by atoms with Gasteiger partial charge in [0.05, 0.1) is 0 Å². The Balaban J connectivity index is 1.90. The summed E-state index contributed by atoms with van der Waals surface area (Å²) in [5.74, 6) is 1.66. The average Bonchev–Trinajstić information content (AvgIpc) is 2.76. The summed E-state index contributed by atoms with van der Waals surface area (Å²) < 4.78 is 15.8. The fourth-order valence-electron chi connectivity index (χ4n) is 3.05. The van der Waals surface area contributed by atoms with Crippen LogP contribution in [0.2, 0.25) is 0 Å². The molecule has 0 unspecified atom stereocenters. The summed E-state index contributed by atoms with van der Waals surface area (Å²) in [7, 11) is 0. The Morgan fingerprint density at radius 1 is 0.370 bits per heavy atom. The van der Waals surface area contributed by atoms with E-state index >= 15 is 0 Å². The number of benzene rings is 4. The maximum absolute atomic E-state index is 6.77. The molecule has 0 heterocycles. The van der Waals surface area contributed by atoms with Gasteiger partial charge in [0.2, 0.25) is 0 Å². The van der Waals surface area contributed by atoms with E-state index in [-0.39, 0.29) is 0 Å². The van der Waals surface area contributed by atoms with Gasteiger partial charge in [0.25, 0.3) is 0 Å². The Kier molecular flexibility index (Phi) is 5.44. The van der Waals surface area contributed by atoms with Gasteiger partial charge >= 0.3 is 165 Å². The van der Waals surface area contributed by atoms with Gasteiger partial charge in [-0.1, -0.05) is 0 Å². The summed E-state index contributed by atoms with van der Waals surface area (Å²) >= 11 is -4.01. The average molecular weight is 459 g/mol. The molecule has 0 aromatic heterocycles. The normalized spacial score (nSPS) is 11.0. The number of rotatable bonds is 6. The van der Waals surface area contributed by atoms with Crippen LogP contribution in [0, 0.1) is 0 Å². The molecule has 4 rings (SSSR count). The number of hydrogen-bond donors (Lipinski definition) is 0. The molecular formula is C24H20O2Sn. The first kappa shape index (κ1) is 17.7. The minimum absolute atomic E-state index is 0.830. The SMILES string of the molecule is c1ccc([O][Sn]([O]c2ccccc2)([c]2ccccc2)[c]2ccccc2)cc1. The molecule has 0 aliphatic carbocycles. The van der Waals surface area contributed by atoms with Crippen molar-refractivity contribution in [2.45, 2.75) is 0 Å². The fourth-order valence-corrected chi connectivity index (χ4v) is 11.7. The van der Waals surface area contributed by atoms with Gasteiger partial charge in [-0.3, -0.25) is 0 Å². The molecule has 3 heteroatoms. The van der Waals surface area contributed by atoms with E-state index < -0.39 is 19.2 Å². The predicted octanol–water partition coefficient (Wildman–Crippen LogP) is 4.40. The van der Waals surface area contributed by atoms with E-state index in [4.69, 9.17) is 6.15 Å². The summed E-state index contributed by atoms with van der Waals surface area (Å²) in [6, 6.07) is 40.6. The van der Waals surface area contributed by atoms with Crippen LogP contribution in [0.25, 0.3) is 0 Å². The summed E-state index contributed by atoms with van der Waals surface area (Å²) in [6.07, 6.45) is 0. The van der Waals surface area contributed by atoms with Crippen molar-refractivity contribution in [2.24, 2.45) is 0 Å². The molecule has 0 aliphatic heterocycles. The molecule has 0 bridgehead atoms. The van der Waals surface area contributed by atoms with Crippen molar-refractivity contribution < 1.29 is 6.15 Å². The van der Waals surface area contributed by atoms with Gasteiger partial charge in [-0.25, -0.2) is 0 Å². The van der Waals surface area contributed by atoms with Crippen LogP contribution in [0.3, 0.4) is 0 Å². The van der Waals surface area contributed by atoms with Gasteiger partial charge in [0.1, 0.15) is 0 Å². The zero-order valence-electron chi connectivity index (χ0n) is 14.9. The van der Waals surface area contributed by atoms with Crippen molar-refractivity contribution in [3.8, 4) is 11.5 Å². The third-order valence-corrected chi connectivity index (χ3v) is 13.5. The van der Waals surface area contributed by atoms with Crippen LogP contribution in [0.1, 0.15) is 0 Å². The van der Waals surface area contributed by atoms with E-state index in [9.17, 15) is 0 Å². The first-order valence-corrected chi connectivity index (χ1v) is 14.1. The number of para-hydroxylation sites is 2. The van der Waals surface area contributed by atoms with Crippen LogP contribution in [-0.2, 0) is 0 Å². The molecule has 2 nitrogen and oxygen atoms in total. The van der Waals surface area contributed by atoms with Crippen LogP contribution in [0.15, 0.2) is 121 Å². The molecule has 0 radical (unpaired) electrons. The quantitative estimate of drug-likeness (QED) is 0.398. The molecule has 4 aromatic carbocycles. The zero-order valence-corrected chi connectivity index (χ0v) is 17.7. The molecule has 0 spiro atoms. The molecule has 0 saturated carbocycles. The molecule has 0 N–H and O–H groups in total. The fraction of sp³-hybridized carbons (Fsp3) is 0. The van der Waals surface area contributed by atoms with Crippen molar-refractivity contribution in [1.82, 2.24) is 0 Å². The van der Waals surface area contributed by atoms with E-state index in [0.29, 0.717) is 0 Å². The van der Waals surface area contributed by atoms with E-state index in [1.165, 1.54) is 0 Å². The van der Waals surface area contributed by atoms with Gasteiger partial charge in [0, 0.05) is 0 Å². The summed E-state index contributed by atoms with van der Waals surface area (Å²) in [5.41, 5.74) is 0. The van der Waals surface area contributed by atoms with Crippen molar-refractivity contribution in [1.29, 1.82) is 0 Å². The summed E-state index contributed by atoms with van der Waals surface area (Å²) in [5, 5.41) is 0. The summed E-state index contributed by atoms with van der Waals surface area (Å²) in [6.45, 7) is 0. The first-order chi connectivity index (χ1) is 13.4. The van der Waals surface area contributed by atoms with Crippen LogP contribution in [0.4, 0.5) is 0 Å². The van der Waals surface area contributed by atoms with Crippen LogP contribution in [-0.4, -0.2) is 19.2 Å². The van der Waals surface area contributed by atoms with Crippen LogP contribution in [0.5, 0.6) is 11.5 Å². The Bertz CT molecular complexity index is 875. The van der Waals surface area contributed by atoms with Gasteiger partial charge in [-0.15, -0.1) is 0 Å². The van der Waals surface area contributed by atoms with Gasteiger partial charge in [-0.05, 0) is 0 Å². The van der Waals surface area contributed by atoms with Crippen LogP contribution >= 0.6 is 0 Å². The van der Waals surface area contributed by atoms with E-state index in [0.717, 1.165) is 18.7 Å². The van der Waals surface area contributed by atoms with Crippen molar-refractivity contribution >= 4 is 26.4 Å². The monoisotopic (exact) mass is 460 g/mol. The summed E-state index contributed by atoms with van der Waals surface area (Å²) in [4.78, 5) is 0. The van der Waals surface area contributed by atoms with Crippen LogP contribution < -0.4 is 13.3 Å². The predicted molar refractivity (Wildman–Crippen MR) is 112 cm³/mol. The van der Waals surface area contributed by atoms with E-state index in [2.05, 4.69) is 24.3 Å². The molecule has 0 aliphatic rings. The molecule has 0 amide bonds. The van der Waals surface area contributed by atoms with E-state index in [1.807, 2.05) is 97.1 Å². The molecular weight excluding hydrogens is 439 g/mol. The van der Waals surface area contributed by atoms with Crippen molar-refractivity contribution in [2.75, 3.05) is 0 Å². The maximum atomic E-state index is 6.77. The zero-order chi connectivity index (χ0) is 18.4. The molecule has 27 heavy (non-hydrogen) atoms. The van der Waals surface area contributed by atoms with Gasteiger partial charge in [0.15, 0.2) is 0 Å². The Hall–Kier alpha value is -2.72. The van der Waals surface area contributed by atoms with Crippen molar-refractivity contribution in [3.05, 3.63) is 121 Å². The molecule has 4 aromatic rings. The second kappa shape index (κ2) is 8.31. The standard InChI is InChI=1S/2C6H6O.2C6H5.Sn/c2*7-6-4-2-1-3-5-6;2*1-2-4-6-5-3-1;/h2*1-5,7H;2*1-5H;/q;;;;+2/p-2. The third-order valence-electron chi connectivity index (χ3n) is 4.32. The minimum atomic E-state index is -4.01. The van der Waals surface area contributed by atoms with E-state index in [1.54, 1.807) is 0 Å². The van der Waals surface area contributed by atoms with Crippen molar-refractivity contribution in [3.63, 3.8) is 0 Å². The topological polar surface area (TPSA) is 18.5 Å². The second-order valence-corrected chi connectivity index (χ2v) is 14.2. The Labute approximate surface area is 165 Å².